The van der Waals surface area contributed by atoms with Crippen molar-refractivity contribution in [3.05, 3.63) is 98.1 Å². The van der Waals surface area contributed by atoms with E-state index in [4.69, 9.17) is 4.74 Å². The van der Waals surface area contributed by atoms with E-state index in [1.807, 2.05) is 93.6 Å². The van der Waals surface area contributed by atoms with E-state index in [0.29, 0.717) is 24.2 Å². The predicted octanol–water partition coefficient (Wildman–Crippen LogP) is 5.36. The van der Waals surface area contributed by atoms with Gasteiger partial charge in [0, 0.05) is 24.5 Å². The summed E-state index contributed by atoms with van der Waals surface area (Å²) in [6.45, 7) is 13.8. The summed E-state index contributed by atoms with van der Waals surface area (Å²) in [6.07, 6.45) is 4.21. The van der Waals surface area contributed by atoms with Crippen LogP contribution in [0.15, 0.2) is 98.1 Å². The van der Waals surface area contributed by atoms with Gasteiger partial charge in [-0.1, -0.05) is 74.5 Å². The highest BCUT2D eigenvalue weighted by molar-refractivity contribution is 6.07. The van der Waals surface area contributed by atoms with Crippen LogP contribution in [-0.4, -0.2) is 70.7 Å². The fourth-order valence-electron chi connectivity index (χ4n) is 8.31. The van der Waals surface area contributed by atoms with Gasteiger partial charge < -0.3 is 24.5 Å². The summed E-state index contributed by atoms with van der Waals surface area (Å²) in [7, 11) is 0. The molecule has 0 saturated carbocycles. The van der Waals surface area contributed by atoms with Gasteiger partial charge in [0.2, 0.25) is 11.8 Å². The molecule has 3 fully saturated rings. The van der Waals surface area contributed by atoms with Crippen molar-refractivity contribution in [1.29, 1.82) is 0 Å². The number of benzene rings is 3. The fourth-order valence-corrected chi connectivity index (χ4v) is 8.31. The maximum absolute atomic E-state index is 15.0. The van der Waals surface area contributed by atoms with E-state index in [1.165, 1.54) is 0 Å². The molecule has 8 nitrogen and oxygen atoms in total. The molecule has 8 heteroatoms. The monoisotopic (exact) mass is 621 g/mol. The van der Waals surface area contributed by atoms with E-state index in [0.717, 1.165) is 10.8 Å². The third-order valence-electron chi connectivity index (χ3n) is 10.6. The van der Waals surface area contributed by atoms with Gasteiger partial charge in [0.1, 0.15) is 11.6 Å². The molecule has 7 atom stereocenters. The molecule has 2 bridgehead atoms. The summed E-state index contributed by atoms with van der Waals surface area (Å²) in [5, 5.41) is 12.6. The number of anilines is 2. The minimum Gasteiger partial charge on any atom is -0.394 e. The average molecular weight is 622 g/mol. The molecule has 3 aromatic rings. The predicted molar refractivity (Wildman–Crippen MR) is 180 cm³/mol. The van der Waals surface area contributed by atoms with Crippen molar-refractivity contribution >= 4 is 39.9 Å². The van der Waals surface area contributed by atoms with Crippen molar-refractivity contribution in [3.8, 4) is 0 Å². The molecule has 3 saturated heterocycles. The second-order valence-corrected chi connectivity index (χ2v) is 13.0. The van der Waals surface area contributed by atoms with E-state index in [9.17, 15) is 14.7 Å². The Bertz CT molecular complexity index is 1670. The van der Waals surface area contributed by atoms with E-state index in [2.05, 4.69) is 13.2 Å². The summed E-state index contributed by atoms with van der Waals surface area (Å²) in [5.74, 6) is -2.72. The van der Waals surface area contributed by atoms with Crippen molar-refractivity contribution in [2.45, 2.75) is 56.9 Å². The topological polar surface area (TPSA) is 90.4 Å². The summed E-state index contributed by atoms with van der Waals surface area (Å²) < 4.78 is 7.00. The van der Waals surface area contributed by atoms with Gasteiger partial charge in [-0.15, -0.1) is 13.2 Å². The number of likely N-dealkylation sites (tertiary alicyclic amines) is 1. The SMILES string of the molecule is C=CCN(C(=O)C1N([C@@H](CC)CO)C(=O)[C@@H]2[C@@H](C(=O)N(CC=C)c3ccccc3)[C@]3(C)OC12CC3C)c1ccc2ccccc2c1. The van der Waals surface area contributed by atoms with Crippen LogP contribution in [0.4, 0.5) is 11.4 Å². The number of aliphatic hydroxyl groups is 1. The quantitative estimate of drug-likeness (QED) is 0.291. The zero-order valence-electron chi connectivity index (χ0n) is 26.8. The van der Waals surface area contributed by atoms with Gasteiger partial charge in [-0.25, -0.2) is 0 Å². The number of carbonyl (C=O) groups is 3. The third kappa shape index (κ3) is 4.69. The van der Waals surface area contributed by atoms with Crippen LogP contribution in [0.1, 0.15) is 33.6 Å². The van der Waals surface area contributed by atoms with Crippen molar-refractivity contribution in [1.82, 2.24) is 4.90 Å². The Kier molecular flexibility index (Phi) is 8.38. The first-order chi connectivity index (χ1) is 22.2. The molecule has 0 aliphatic carbocycles. The van der Waals surface area contributed by atoms with Gasteiger partial charge in [0.25, 0.3) is 5.91 Å². The smallest absolute Gasteiger partial charge is 0.253 e. The van der Waals surface area contributed by atoms with Gasteiger partial charge in [-0.2, -0.15) is 0 Å². The maximum atomic E-state index is 15.0. The molecule has 3 unspecified atom stereocenters. The number of para-hydroxylation sites is 1. The first kappa shape index (κ1) is 31.7. The molecule has 3 amide bonds. The molecular weight excluding hydrogens is 578 g/mol. The summed E-state index contributed by atoms with van der Waals surface area (Å²) >= 11 is 0. The lowest BCUT2D eigenvalue weighted by molar-refractivity contribution is -0.149. The second kappa shape index (κ2) is 12.2. The minimum atomic E-state index is -1.25. The normalized spacial score (nSPS) is 28.6. The van der Waals surface area contributed by atoms with E-state index in [-0.39, 0.29) is 43.3 Å². The lowest BCUT2D eigenvalue weighted by Gasteiger charge is -2.39. The number of fused-ring (bicyclic) bond motifs is 2. The van der Waals surface area contributed by atoms with Crippen LogP contribution in [0.3, 0.4) is 0 Å². The molecule has 3 aliphatic rings. The Balaban J connectivity index is 1.48. The Morgan fingerprint density at radius 1 is 0.978 bits per heavy atom. The standard InChI is InChI=1S/C38H43N3O5/c1-6-20-39(29-16-10-9-11-17-29)34(43)31-32-35(44)41(28(8-3)24-42)33(38(32)23-25(4)37(31,5)46-38)36(45)40(21-7-2)30-19-18-26-14-12-13-15-27(26)22-30/h6-7,9-19,22,25,28,31-33,42H,1-2,8,20-21,23-24H2,3-5H3/t25?,28-,31-,32-,33?,37+,38?/m0/s1. The van der Waals surface area contributed by atoms with Gasteiger partial charge in [0.15, 0.2) is 0 Å². The molecule has 1 N–H and O–H groups in total. The number of ether oxygens (including phenoxy) is 1. The Morgan fingerprint density at radius 3 is 2.24 bits per heavy atom. The van der Waals surface area contributed by atoms with Gasteiger partial charge in [-0.3, -0.25) is 14.4 Å². The average Bonchev–Trinajstić information content (AvgIpc) is 3.59. The second-order valence-electron chi connectivity index (χ2n) is 13.0. The van der Waals surface area contributed by atoms with Crippen LogP contribution in [0.5, 0.6) is 0 Å². The molecule has 0 aromatic heterocycles. The van der Waals surface area contributed by atoms with E-state index < -0.39 is 35.1 Å². The fraction of sp³-hybridized carbons (Fsp3) is 0.395. The van der Waals surface area contributed by atoms with Crippen molar-refractivity contribution in [3.63, 3.8) is 0 Å². The highest BCUT2D eigenvalue weighted by atomic mass is 16.5. The number of carbonyl (C=O) groups excluding carboxylic acids is 3. The molecule has 240 valence electrons. The highest BCUT2D eigenvalue weighted by Gasteiger charge is 2.80. The lowest BCUT2D eigenvalue weighted by Crippen LogP contribution is -2.59. The van der Waals surface area contributed by atoms with Gasteiger partial charge >= 0.3 is 0 Å². The number of hydrogen-bond donors (Lipinski definition) is 1. The van der Waals surface area contributed by atoms with Crippen LogP contribution in [0.25, 0.3) is 10.8 Å². The zero-order chi connectivity index (χ0) is 32.8. The van der Waals surface area contributed by atoms with Crippen LogP contribution < -0.4 is 9.80 Å². The Labute approximate surface area is 270 Å². The molecule has 3 heterocycles. The lowest BCUT2D eigenvalue weighted by atomic mass is 9.62. The highest BCUT2D eigenvalue weighted by Crippen LogP contribution is 2.66. The van der Waals surface area contributed by atoms with Crippen LogP contribution in [-0.2, 0) is 19.1 Å². The van der Waals surface area contributed by atoms with Crippen LogP contribution >= 0.6 is 0 Å². The molecule has 3 aromatic carbocycles. The summed E-state index contributed by atoms with van der Waals surface area (Å²) in [4.78, 5) is 49.4. The van der Waals surface area contributed by atoms with Gasteiger partial charge in [0.05, 0.1) is 30.1 Å². The molecule has 1 spiro atoms. The number of nitrogens with zero attached hydrogens (tertiary/aromatic N) is 3. The molecular formula is C38H43N3O5. The van der Waals surface area contributed by atoms with Crippen molar-refractivity contribution in [2.75, 3.05) is 29.5 Å². The largest absolute Gasteiger partial charge is 0.394 e. The number of amides is 3. The van der Waals surface area contributed by atoms with Crippen molar-refractivity contribution < 1.29 is 24.2 Å². The van der Waals surface area contributed by atoms with Gasteiger partial charge in [-0.05, 0) is 60.7 Å². The third-order valence-corrected chi connectivity index (χ3v) is 10.6. The molecule has 6 rings (SSSR count). The van der Waals surface area contributed by atoms with E-state index >= 15 is 4.79 Å². The molecule has 3 aliphatic heterocycles. The number of aliphatic hydroxyl groups excluding tert-OH is 1. The van der Waals surface area contributed by atoms with E-state index in [1.54, 1.807) is 26.9 Å². The minimum absolute atomic E-state index is 0.121. The number of rotatable bonds is 11. The Hall–Kier alpha value is -4.27. The van der Waals surface area contributed by atoms with Crippen LogP contribution in [0.2, 0.25) is 0 Å². The first-order valence-corrected chi connectivity index (χ1v) is 16.2. The first-order valence-electron chi connectivity index (χ1n) is 16.2. The van der Waals surface area contributed by atoms with Crippen molar-refractivity contribution in [2.24, 2.45) is 17.8 Å². The Morgan fingerprint density at radius 2 is 1.61 bits per heavy atom. The van der Waals surface area contributed by atoms with Crippen LogP contribution in [0, 0.1) is 17.8 Å². The summed E-state index contributed by atoms with van der Waals surface area (Å²) in [6, 6.07) is 21.5. The zero-order valence-corrected chi connectivity index (χ0v) is 26.8. The maximum Gasteiger partial charge on any atom is 0.253 e. The molecule has 46 heavy (non-hydrogen) atoms. The number of hydrogen-bond acceptors (Lipinski definition) is 5. The summed E-state index contributed by atoms with van der Waals surface area (Å²) in [5.41, 5.74) is -0.860. The molecule has 0 radical (unpaired) electrons.